The highest BCUT2D eigenvalue weighted by Crippen LogP contribution is 2.20. The Kier molecular flexibility index (Phi) is 6.46. The first-order valence-corrected chi connectivity index (χ1v) is 6.69. The van der Waals surface area contributed by atoms with Crippen LogP contribution in [0.5, 0.6) is 5.75 Å². The molecule has 0 fully saturated rings. The molecule has 1 aromatic heterocycles. The van der Waals surface area contributed by atoms with Crippen molar-refractivity contribution in [1.29, 1.82) is 0 Å². The minimum atomic E-state index is -0.0177. The van der Waals surface area contributed by atoms with E-state index in [1.807, 2.05) is 31.2 Å². The zero-order valence-electron chi connectivity index (χ0n) is 12.8. The van der Waals surface area contributed by atoms with Gasteiger partial charge in [0.25, 0.3) is 0 Å². The van der Waals surface area contributed by atoms with Crippen molar-refractivity contribution < 1.29 is 4.74 Å². The number of terminal acetylenes is 1. The van der Waals surface area contributed by atoms with Crippen molar-refractivity contribution in [2.75, 3.05) is 7.11 Å². The van der Waals surface area contributed by atoms with Gasteiger partial charge in [0, 0.05) is 23.2 Å². The lowest BCUT2D eigenvalue weighted by atomic mass is 10.1. The van der Waals surface area contributed by atoms with Gasteiger partial charge in [-0.25, -0.2) is 0 Å². The molecule has 2 rings (SSSR count). The lowest BCUT2D eigenvalue weighted by Gasteiger charge is -2.07. The van der Waals surface area contributed by atoms with Crippen LogP contribution in [0.4, 0.5) is 0 Å². The first kappa shape index (κ1) is 17.1. The second-order valence-corrected chi connectivity index (χ2v) is 4.32. The second-order valence-electron chi connectivity index (χ2n) is 4.32. The Hall–Kier alpha value is -2.99. The summed E-state index contributed by atoms with van der Waals surface area (Å²) in [6.45, 7) is 5.63. The van der Waals surface area contributed by atoms with Gasteiger partial charge in [0.05, 0.1) is 12.6 Å². The highest BCUT2D eigenvalue weighted by atomic mass is 16.5. The van der Waals surface area contributed by atoms with Crippen LogP contribution < -0.4 is 10.2 Å². The molecule has 0 bridgehead atoms. The van der Waals surface area contributed by atoms with Crippen LogP contribution in [0, 0.1) is 12.8 Å². The molecule has 0 saturated heterocycles. The van der Waals surface area contributed by atoms with Crippen LogP contribution in [0.2, 0.25) is 0 Å². The van der Waals surface area contributed by atoms with E-state index < -0.39 is 0 Å². The van der Waals surface area contributed by atoms with Crippen molar-refractivity contribution in [3.05, 3.63) is 71.1 Å². The molecule has 0 unspecified atom stereocenters. The summed E-state index contributed by atoms with van der Waals surface area (Å²) in [6, 6.07) is 6.97. The van der Waals surface area contributed by atoms with Crippen molar-refractivity contribution >= 4 is 16.5 Å². The number of fused-ring (bicyclic) bond motifs is 1. The van der Waals surface area contributed by atoms with Crippen LogP contribution in [-0.2, 0) is 0 Å². The Morgan fingerprint density at radius 3 is 2.64 bits per heavy atom. The van der Waals surface area contributed by atoms with Crippen molar-refractivity contribution in [2.24, 2.45) is 0 Å². The van der Waals surface area contributed by atoms with Gasteiger partial charge >= 0.3 is 0 Å². The molecule has 3 heteroatoms. The van der Waals surface area contributed by atoms with E-state index in [4.69, 9.17) is 4.74 Å². The van der Waals surface area contributed by atoms with E-state index in [-0.39, 0.29) is 5.43 Å². The molecule has 1 N–H and O–H groups in total. The number of rotatable bonds is 4. The van der Waals surface area contributed by atoms with E-state index in [0.717, 1.165) is 16.8 Å². The van der Waals surface area contributed by atoms with Gasteiger partial charge in [-0.05, 0) is 24.6 Å². The lowest BCUT2D eigenvalue weighted by Crippen LogP contribution is -2.04. The average molecular weight is 293 g/mol. The standard InChI is InChI=1S/C17H17NO2.C2H2/c1-4-6-12(7-5-2)15-11-17(19)14-9-8-13(20-3)10-16(14)18-15;1-2/h4-11H,1H2,2-3H3,(H,18,19);1-2H/b7-5-,12-6+;. The maximum absolute atomic E-state index is 12.2. The fraction of sp³-hybridized carbons (Fsp3) is 0.105. The van der Waals surface area contributed by atoms with Crippen LogP contribution in [-0.4, -0.2) is 12.1 Å². The van der Waals surface area contributed by atoms with Crippen LogP contribution in [0.15, 0.2) is 59.9 Å². The van der Waals surface area contributed by atoms with Gasteiger partial charge in [0.1, 0.15) is 5.75 Å². The van der Waals surface area contributed by atoms with Gasteiger partial charge in [-0.1, -0.05) is 30.9 Å². The van der Waals surface area contributed by atoms with Gasteiger partial charge in [0.2, 0.25) is 0 Å². The SMILES string of the molecule is C#C.C=C/C=C(\C=C/C)c1cc(=O)c2ccc(OC)cc2[nH]1. The molecule has 0 spiro atoms. The largest absolute Gasteiger partial charge is 0.497 e. The Balaban J connectivity index is 0.00000116. The fourth-order valence-electron chi connectivity index (χ4n) is 2.06. The quantitative estimate of drug-likeness (QED) is 0.685. The predicted molar refractivity (Wildman–Crippen MR) is 94.0 cm³/mol. The van der Waals surface area contributed by atoms with Crippen LogP contribution in [0.1, 0.15) is 12.6 Å². The highest BCUT2D eigenvalue weighted by molar-refractivity contribution is 5.83. The van der Waals surface area contributed by atoms with Crippen LogP contribution in [0.3, 0.4) is 0 Å². The van der Waals surface area contributed by atoms with Crippen LogP contribution >= 0.6 is 0 Å². The number of hydrogen-bond donors (Lipinski definition) is 1. The third kappa shape index (κ3) is 3.77. The molecule has 0 saturated carbocycles. The summed E-state index contributed by atoms with van der Waals surface area (Å²) in [6.07, 6.45) is 15.4. The van der Waals surface area contributed by atoms with E-state index in [0.29, 0.717) is 11.1 Å². The molecule has 1 heterocycles. The normalized spacial score (nSPS) is 11.0. The molecular weight excluding hydrogens is 274 g/mol. The zero-order chi connectivity index (χ0) is 16.5. The average Bonchev–Trinajstić information content (AvgIpc) is 2.56. The first-order chi connectivity index (χ1) is 10.7. The Morgan fingerprint density at radius 2 is 2.05 bits per heavy atom. The second kappa shape index (κ2) is 8.33. The summed E-state index contributed by atoms with van der Waals surface area (Å²) >= 11 is 0. The topological polar surface area (TPSA) is 42.1 Å². The van der Waals surface area contributed by atoms with E-state index in [1.54, 1.807) is 31.4 Å². The van der Waals surface area contributed by atoms with Crippen LogP contribution in [0.25, 0.3) is 16.5 Å². The molecule has 0 atom stereocenters. The molecule has 0 radical (unpaired) electrons. The molecule has 0 amide bonds. The van der Waals surface area contributed by atoms with Gasteiger partial charge in [-0.3, -0.25) is 4.79 Å². The van der Waals surface area contributed by atoms with E-state index in [1.165, 1.54) is 0 Å². The molecular formula is C19H19NO2. The number of benzene rings is 1. The summed E-state index contributed by atoms with van der Waals surface area (Å²) in [5.74, 6) is 0.714. The number of nitrogens with one attached hydrogen (secondary N) is 1. The molecule has 0 aliphatic heterocycles. The van der Waals surface area contributed by atoms with Crippen molar-refractivity contribution in [2.45, 2.75) is 6.92 Å². The number of methoxy groups -OCH3 is 1. The molecule has 0 aliphatic rings. The monoisotopic (exact) mass is 293 g/mol. The van der Waals surface area contributed by atoms with Crippen molar-refractivity contribution in [3.8, 4) is 18.6 Å². The molecule has 0 aliphatic carbocycles. The third-order valence-corrected chi connectivity index (χ3v) is 2.99. The van der Waals surface area contributed by atoms with Gasteiger partial charge in [0.15, 0.2) is 5.43 Å². The number of aromatic nitrogens is 1. The number of pyridine rings is 1. The van der Waals surface area contributed by atoms with Gasteiger partial charge in [-0.2, -0.15) is 0 Å². The maximum Gasteiger partial charge on any atom is 0.190 e. The van der Waals surface area contributed by atoms with Gasteiger partial charge in [-0.15, -0.1) is 12.8 Å². The first-order valence-electron chi connectivity index (χ1n) is 6.69. The Labute approximate surface area is 130 Å². The Bertz CT molecular complexity index is 792. The Morgan fingerprint density at radius 1 is 1.32 bits per heavy atom. The molecule has 22 heavy (non-hydrogen) atoms. The summed E-state index contributed by atoms with van der Waals surface area (Å²) in [5, 5.41) is 0.646. The van der Waals surface area contributed by atoms with Crippen molar-refractivity contribution in [3.63, 3.8) is 0 Å². The number of H-pyrrole nitrogens is 1. The number of hydrogen-bond acceptors (Lipinski definition) is 2. The summed E-state index contributed by atoms with van der Waals surface area (Å²) in [7, 11) is 1.60. The van der Waals surface area contributed by atoms with E-state index >= 15 is 0 Å². The fourth-order valence-corrected chi connectivity index (χ4v) is 2.06. The summed E-state index contributed by atoms with van der Waals surface area (Å²) in [4.78, 5) is 15.4. The van der Waals surface area contributed by atoms with E-state index in [9.17, 15) is 4.79 Å². The molecule has 1 aromatic carbocycles. The highest BCUT2D eigenvalue weighted by Gasteiger charge is 2.05. The van der Waals surface area contributed by atoms with E-state index in [2.05, 4.69) is 24.4 Å². The van der Waals surface area contributed by atoms with Gasteiger partial charge < -0.3 is 9.72 Å². The molecule has 3 nitrogen and oxygen atoms in total. The zero-order valence-corrected chi connectivity index (χ0v) is 12.8. The summed E-state index contributed by atoms with van der Waals surface area (Å²) in [5.41, 5.74) is 2.40. The number of allylic oxidation sites excluding steroid dienone is 5. The third-order valence-electron chi connectivity index (χ3n) is 2.99. The summed E-state index contributed by atoms with van der Waals surface area (Å²) < 4.78 is 5.19. The van der Waals surface area contributed by atoms with Crippen molar-refractivity contribution in [1.82, 2.24) is 4.98 Å². The number of aromatic amines is 1. The minimum Gasteiger partial charge on any atom is -0.497 e. The number of ether oxygens (including phenoxy) is 1. The maximum atomic E-state index is 12.2. The molecule has 2 aromatic rings. The smallest absolute Gasteiger partial charge is 0.190 e. The molecule has 112 valence electrons. The minimum absolute atomic E-state index is 0.0177. The lowest BCUT2D eigenvalue weighted by molar-refractivity contribution is 0.415. The predicted octanol–water partition coefficient (Wildman–Crippen LogP) is 3.93.